The second kappa shape index (κ2) is 14.6. The summed E-state index contributed by atoms with van der Waals surface area (Å²) in [6.45, 7) is 4.18. The van der Waals surface area contributed by atoms with Crippen molar-refractivity contribution in [2.45, 2.75) is 95.8 Å². The van der Waals surface area contributed by atoms with Crippen LogP contribution in [0.1, 0.15) is 70.8 Å². The molecule has 1 aromatic rings. The molecule has 6 N–H and O–H groups in total. The Morgan fingerprint density at radius 3 is 2.35 bits per heavy atom. The molecule has 2 saturated heterocycles. The van der Waals surface area contributed by atoms with Crippen LogP contribution in [0.5, 0.6) is 5.75 Å². The molecule has 0 unspecified atom stereocenters. The van der Waals surface area contributed by atoms with Crippen molar-refractivity contribution in [3.05, 3.63) is 29.8 Å². The van der Waals surface area contributed by atoms with E-state index in [0.717, 1.165) is 0 Å². The molecule has 40 heavy (non-hydrogen) atoms. The van der Waals surface area contributed by atoms with Gasteiger partial charge in [0.2, 0.25) is 29.5 Å². The van der Waals surface area contributed by atoms with E-state index in [2.05, 4.69) is 16.0 Å². The average molecular weight is 560 g/mol. The molecule has 1 aromatic carbocycles. The van der Waals surface area contributed by atoms with Gasteiger partial charge in [0.15, 0.2) is 0 Å². The van der Waals surface area contributed by atoms with Crippen molar-refractivity contribution in [3.8, 4) is 5.75 Å². The smallest absolute Gasteiger partial charge is 0.246 e. The lowest BCUT2D eigenvalue weighted by molar-refractivity contribution is -0.144. The van der Waals surface area contributed by atoms with Crippen molar-refractivity contribution < 1.29 is 34.3 Å². The van der Waals surface area contributed by atoms with E-state index < -0.39 is 47.8 Å². The maximum Gasteiger partial charge on any atom is 0.246 e. The topological polar surface area (TPSA) is 177 Å². The van der Waals surface area contributed by atoms with E-state index in [4.69, 9.17) is 5.21 Å². The van der Waals surface area contributed by atoms with Gasteiger partial charge in [0.25, 0.3) is 0 Å². The summed E-state index contributed by atoms with van der Waals surface area (Å²) in [6.07, 6.45) is 3.81. The van der Waals surface area contributed by atoms with Crippen LogP contribution in [0.15, 0.2) is 24.3 Å². The summed E-state index contributed by atoms with van der Waals surface area (Å²) in [5.74, 6) is -2.37. The van der Waals surface area contributed by atoms with E-state index in [-0.39, 0.29) is 36.8 Å². The largest absolute Gasteiger partial charge is 0.508 e. The second-order valence-electron chi connectivity index (χ2n) is 10.7. The fourth-order valence-electron chi connectivity index (χ4n) is 5.17. The molecule has 2 fully saturated rings. The highest BCUT2D eigenvalue weighted by Crippen LogP contribution is 2.23. The minimum absolute atomic E-state index is 0.0674. The summed E-state index contributed by atoms with van der Waals surface area (Å²) < 4.78 is 0. The van der Waals surface area contributed by atoms with Crippen LogP contribution in [0.3, 0.4) is 0 Å². The number of hydrogen-bond acceptors (Lipinski definition) is 7. The molecule has 5 amide bonds. The highest BCUT2D eigenvalue weighted by molar-refractivity contribution is 5.98. The number of phenolic OH excluding ortho intramolecular Hbond substituents is 1. The van der Waals surface area contributed by atoms with E-state index in [1.54, 1.807) is 17.6 Å². The van der Waals surface area contributed by atoms with Gasteiger partial charge in [-0.05, 0) is 49.3 Å². The SMILES string of the molecule is CC[C@H](C)[C@@H]1NC(=O)[C@@H](Cc2ccc(O)cc2)NC(=O)[C@@H](CCCCCC(=O)NO)NC(=O)[C@H]2CCCN2C1=O. The first-order valence-corrected chi connectivity index (χ1v) is 14.1. The Kier molecular flexibility index (Phi) is 11.3. The molecule has 2 heterocycles. The number of carbonyl (C=O) groups is 5. The molecular weight excluding hydrogens is 518 g/mol. The van der Waals surface area contributed by atoms with Gasteiger partial charge in [-0.15, -0.1) is 0 Å². The number of fused-ring (bicyclic) bond motifs is 1. The predicted molar refractivity (Wildman–Crippen MR) is 145 cm³/mol. The van der Waals surface area contributed by atoms with Crippen LogP contribution < -0.4 is 21.4 Å². The van der Waals surface area contributed by atoms with E-state index in [1.807, 2.05) is 13.8 Å². The van der Waals surface area contributed by atoms with E-state index >= 15 is 0 Å². The quantitative estimate of drug-likeness (QED) is 0.140. The van der Waals surface area contributed by atoms with Crippen molar-refractivity contribution in [3.63, 3.8) is 0 Å². The number of rotatable bonds is 10. The van der Waals surface area contributed by atoms with E-state index in [1.165, 1.54) is 17.0 Å². The number of aromatic hydroxyl groups is 1. The number of nitrogens with one attached hydrogen (secondary N) is 4. The Morgan fingerprint density at radius 2 is 1.68 bits per heavy atom. The summed E-state index contributed by atoms with van der Waals surface area (Å²) in [5, 5.41) is 26.8. The average Bonchev–Trinajstić information content (AvgIpc) is 3.44. The van der Waals surface area contributed by atoms with Crippen molar-refractivity contribution in [1.29, 1.82) is 0 Å². The normalized spacial score (nSPS) is 24.6. The van der Waals surface area contributed by atoms with Gasteiger partial charge in [-0.3, -0.25) is 29.2 Å². The molecular formula is C28H41N5O7. The lowest BCUT2D eigenvalue weighted by Crippen LogP contribution is -2.62. The molecule has 0 spiro atoms. The lowest BCUT2D eigenvalue weighted by Gasteiger charge is -2.34. The van der Waals surface area contributed by atoms with Crippen LogP contribution >= 0.6 is 0 Å². The lowest BCUT2D eigenvalue weighted by atomic mass is 9.95. The summed E-state index contributed by atoms with van der Waals surface area (Å²) in [6, 6.07) is 2.72. The Hall–Kier alpha value is -3.67. The monoisotopic (exact) mass is 559 g/mol. The van der Waals surface area contributed by atoms with Gasteiger partial charge in [0.05, 0.1) is 0 Å². The number of hydroxylamine groups is 1. The zero-order valence-electron chi connectivity index (χ0n) is 23.2. The van der Waals surface area contributed by atoms with Gasteiger partial charge in [0, 0.05) is 19.4 Å². The summed E-state index contributed by atoms with van der Waals surface area (Å²) in [4.78, 5) is 66.9. The Labute approximate surface area is 234 Å². The summed E-state index contributed by atoms with van der Waals surface area (Å²) in [7, 11) is 0. The molecule has 220 valence electrons. The highest BCUT2D eigenvalue weighted by Gasteiger charge is 2.41. The number of amides is 5. The molecule has 0 aromatic heterocycles. The predicted octanol–water partition coefficient (Wildman–Crippen LogP) is 0.896. The number of unbranched alkanes of at least 4 members (excludes halogenated alkanes) is 2. The number of benzene rings is 1. The molecule has 2 aliphatic heterocycles. The molecule has 12 heteroatoms. The van der Waals surface area contributed by atoms with Gasteiger partial charge in [0.1, 0.15) is 29.9 Å². The van der Waals surface area contributed by atoms with E-state index in [0.29, 0.717) is 50.6 Å². The maximum absolute atomic E-state index is 13.7. The van der Waals surface area contributed by atoms with Crippen LogP contribution in [0.25, 0.3) is 0 Å². The number of carbonyl (C=O) groups excluding carboxylic acids is 5. The first-order chi connectivity index (χ1) is 19.1. The molecule has 0 radical (unpaired) electrons. The summed E-state index contributed by atoms with van der Waals surface area (Å²) >= 11 is 0. The first-order valence-electron chi connectivity index (χ1n) is 14.1. The Morgan fingerprint density at radius 1 is 1.00 bits per heavy atom. The number of hydrogen-bond donors (Lipinski definition) is 6. The third kappa shape index (κ3) is 8.17. The fraction of sp³-hybridized carbons (Fsp3) is 0.607. The zero-order valence-corrected chi connectivity index (χ0v) is 23.2. The van der Waals surface area contributed by atoms with Crippen LogP contribution in [-0.2, 0) is 30.4 Å². The number of nitrogens with zero attached hydrogens (tertiary/aromatic N) is 1. The molecule has 3 rings (SSSR count). The van der Waals surface area contributed by atoms with Crippen molar-refractivity contribution in [1.82, 2.24) is 26.3 Å². The van der Waals surface area contributed by atoms with Crippen molar-refractivity contribution in [2.75, 3.05) is 6.54 Å². The van der Waals surface area contributed by atoms with E-state index in [9.17, 15) is 29.1 Å². The number of phenols is 1. The fourth-order valence-corrected chi connectivity index (χ4v) is 5.17. The zero-order chi connectivity index (χ0) is 29.2. The van der Waals surface area contributed by atoms with Crippen LogP contribution in [0, 0.1) is 5.92 Å². The van der Waals surface area contributed by atoms with Crippen LogP contribution in [0.2, 0.25) is 0 Å². The molecule has 0 bridgehead atoms. The maximum atomic E-state index is 13.7. The molecule has 2 aliphatic rings. The minimum atomic E-state index is -1.03. The minimum Gasteiger partial charge on any atom is -0.508 e. The van der Waals surface area contributed by atoms with Gasteiger partial charge < -0.3 is 26.0 Å². The van der Waals surface area contributed by atoms with Crippen molar-refractivity contribution >= 4 is 29.5 Å². The third-order valence-electron chi connectivity index (χ3n) is 7.78. The third-order valence-corrected chi connectivity index (χ3v) is 7.78. The van der Waals surface area contributed by atoms with Gasteiger partial charge in [-0.25, -0.2) is 5.48 Å². The van der Waals surface area contributed by atoms with Crippen molar-refractivity contribution in [2.24, 2.45) is 5.92 Å². The van der Waals surface area contributed by atoms with Gasteiger partial charge in [-0.1, -0.05) is 45.2 Å². The Bertz CT molecular complexity index is 1060. The van der Waals surface area contributed by atoms with Gasteiger partial charge in [-0.2, -0.15) is 0 Å². The molecule has 5 atom stereocenters. The Balaban J connectivity index is 1.87. The van der Waals surface area contributed by atoms with Gasteiger partial charge >= 0.3 is 0 Å². The second-order valence-corrected chi connectivity index (χ2v) is 10.7. The molecule has 0 aliphatic carbocycles. The highest BCUT2D eigenvalue weighted by atomic mass is 16.5. The van der Waals surface area contributed by atoms with Crippen LogP contribution in [0.4, 0.5) is 0 Å². The summed E-state index contributed by atoms with van der Waals surface area (Å²) in [5.41, 5.74) is 2.28. The van der Waals surface area contributed by atoms with Crippen LogP contribution in [-0.4, -0.2) is 75.5 Å². The standard InChI is InChI=1S/C28H41N5O7/c1-3-17(2)24-28(39)33-15-7-9-22(33)27(38)29-20(8-5-4-6-10-23(35)32-40)25(36)30-21(26(37)31-24)16-18-11-13-19(34)14-12-18/h11-14,17,20-22,24,34,40H,3-10,15-16H2,1-2H3,(H,29,38)(H,30,36)(H,31,37)(H,32,35)/t17-,20+,21+,22+,24-/m0/s1. The first kappa shape index (κ1) is 30.9. The molecule has 0 saturated carbocycles. The molecule has 12 nitrogen and oxygen atoms in total.